The van der Waals surface area contributed by atoms with Crippen molar-refractivity contribution in [2.24, 2.45) is 0 Å². The Morgan fingerprint density at radius 1 is 1.35 bits per heavy atom. The molecule has 0 saturated heterocycles. The molecule has 5 nitrogen and oxygen atoms in total. The maximum absolute atomic E-state index is 11.7. The number of carboxylic acids is 1. The van der Waals surface area contributed by atoms with Gasteiger partial charge in [0.15, 0.2) is 0 Å². The van der Waals surface area contributed by atoms with Gasteiger partial charge in [0, 0.05) is 29.3 Å². The highest BCUT2D eigenvalue weighted by molar-refractivity contribution is 7.80. The van der Waals surface area contributed by atoms with Crippen molar-refractivity contribution in [3.05, 3.63) is 36.0 Å². The fourth-order valence-electron chi connectivity index (χ4n) is 2.04. The maximum atomic E-state index is 11.7. The molecule has 0 fully saturated rings. The summed E-state index contributed by atoms with van der Waals surface area (Å²) in [6.07, 6.45) is 2.69. The summed E-state index contributed by atoms with van der Waals surface area (Å²) in [4.78, 5) is 25.7. The van der Waals surface area contributed by atoms with Crippen LogP contribution in [-0.2, 0) is 16.0 Å². The Labute approximate surface area is 121 Å². The van der Waals surface area contributed by atoms with Crippen LogP contribution in [0.2, 0.25) is 0 Å². The molecule has 106 valence electrons. The molecule has 1 atom stereocenters. The van der Waals surface area contributed by atoms with Gasteiger partial charge in [0.05, 0.1) is 0 Å². The number of rotatable bonds is 6. The number of aliphatic carboxylic acids is 1. The van der Waals surface area contributed by atoms with Gasteiger partial charge in [0.1, 0.15) is 6.04 Å². The second-order valence-electron chi connectivity index (χ2n) is 4.50. The molecule has 2 rings (SSSR count). The van der Waals surface area contributed by atoms with Gasteiger partial charge < -0.3 is 15.4 Å². The lowest BCUT2D eigenvalue weighted by molar-refractivity contribution is -0.141. The van der Waals surface area contributed by atoms with Gasteiger partial charge in [-0.1, -0.05) is 18.2 Å². The van der Waals surface area contributed by atoms with E-state index in [-0.39, 0.29) is 18.1 Å². The van der Waals surface area contributed by atoms with Crippen LogP contribution in [-0.4, -0.2) is 33.8 Å². The predicted octanol–water partition coefficient (Wildman–Crippen LogP) is 1.60. The van der Waals surface area contributed by atoms with Crippen LogP contribution < -0.4 is 5.32 Å². The van der Waals surface area contributed by atoms with Gasteiger partial charge in [-0.25, -0.2) is 4.79 Å². The average Bonchev–Trinajstić information content (AvgIpc) is 2.85. The molecule has 0 unspecified atom stereocenters. The quantitative estimate of drug-likeness (QED) is 0.610. The van der Waals surface area contributed by atoms with Crippen LogP contribution in [0.5, 0.6) is 0 Å². The molecule has 1 aromatic heterocycles. The molecule has 2 aromatic rings. The number of para-hydroxylation sites is 1. The molecule has 3 N–H and O–H groups in total. The summed E-state index contributed by atoms with van der Waals surface area (Å²) in [6, 6.07) is 6.92. The van der Waals surface area contributed by atoms with E-state index >= 15 is 0 Å². The fourth-order valence-corrected chi connectivity index (χ4v) is 2.29. The lowest BCUT2D eigenvalue weighted by Crippen LogP contribution is -2.42. The molecular weight excluding hydrogens is 276 g/mol. The summed E-state index contributed by atoms with van der Waals surface area (Å²) in [5, 5.41) is 12.4. The number of carboxylic acid groups (broad SMARTS) is 1. The van der Waals surface area contributed by atoms with Gasteiger partial charge in [0.2, 0.25) is 5.91 Å². The van der Waals surface area contributed by atoms with E-state index < -0.39 is 12.0 Å². The van der Waals surface area contributed by atoms with E-state index in [0.29, 0.717) is 6.42 Å². The largest absolute Gasteiger partial charge is 0.480 e. The number of nitrogens with one attached hydrogen (secondary N) is 2. The highest BCUT2D eigenvalue weighted by atomic mass is 32.1. The SMILES string of the molecule is O=C(CCc1c[nH]c2ccccc12)N[C@H](CS)C(=O)O. The number of carbonyl (C=O) groups is 2. The number of thiol groups is 1. The molecule has 0 spiro atoms. The maximum Gasteiger partial charge on any atom is 0.327 e. The highest BCUT2D eigenvalue weighted by Crippen LogP contribution is 2.18. The standard InChI is InChI=1S/C14H16N2O3S/c17-13(16-12(8-20)14(18)19)6-5-9-7-15-11-4-2-1-3-10(9)11/h1-4,7,12,15,20H,5-6,8H2,(H,16,17)(H,18,19)/t12-/m1/s1. The molecule has 6 heteroatoms. The average molecular weight is 292 g/mol. The van der Waals surface area contributed by atoms with Crippen LogP contribution in [0.4, 0.5) is 0 Å². The minimum Gasteiger partial charge on any atom is -0.480 e. The first-order chi connectivity index (χ1) is 9.61. The van der Waals surface area contributed by atoms with Crippen LogP contribution in [0.15, 0.2) is 30.5 Å². The number of benzene rings is 1. The molecular formula is C14H16N2O3S. The van der Waals surface area contributed by atoms with Crippen molar-refractivity contribution < 1.29 is 14.7 Å². The van der Waals surface area contributed by atoms with E-state index in [1.54, 1.807) is 0 Å². The van der Waals surface area contributed by atoms with Crippen LogP contribution in [0.25, 0.3) is 10.9 Å². The number of aromatic nitrogens is 1. The van der Waals surface area contributed by atoms with Crippen molar-refractivity contribution in [3.8, 4) is 0 Å². The highest BCUT2D eigenvalue weighted by Gasteiger charge is 2.17. The van der Waals surface area contributed by atoms with Gasteiger partial charge in [0.25, 0.3) is 0 Å². The fraction of sp³-hybridized carbons (Fsp3) is 0.286. The monoisotopic (exact) mass is 292 g/mol. The molecule has 1 amide bonds. The minimum atomic E-state index is -1.07. The van der Waals surface area contributed by atoms with Crippen molar-refractivity contribution in [2.75, 3.05) is 5.75 Å². The molecule has 0 saturated carbocycles. The van der Waals surface area contributed by atoms with Crippen molar-refractivity contribution in [2.45, 2.75) is 18.9 Å². The number of fused-ring (bicyclic) bond motifs is 1. The Kier molecular flexibility index (Phi) is 4.68. The number of carbonyl (C=O) groups excluding carboxylic acids is 1. The molecule has 0 radical (unpaired) electrons. The van der Waals surface area contributed by atoms with Crippen LogP contribution in [0.1, 0.15) is 12.0 Å². The predicted molar refractivity (Wildman–Crippen MR) is 80.0 cm³/mol. The second-order valence-corrected chi connectivity index (χ2v) is 4.87. The number of hydrogen-bond donors (Lipinski definition) is 4. The zero-order valence-corrected chi connectivity index (χ0v) is 11.7. The van der Waals surface area contributed by atoms with Crippen molar-refractivity contribution in [3.63, 3.8) is 0 Å². The van der Waals surface area contributed by atoms with Gasteiger partial charge in [-0.05, 0) is 18.1 Å². The number of H-pyrrole nitrogens is 1. The van der Waals surface area contributed by atoms with E-state index in [0.717, 1.165) is 16.5 Å². The van der Waals surface area contributed by atoms with Gasteiger partial charge in [-0.3, -0.25) is 4.79 Å². The third kappa shape index (κ3) is 3.33. The van der Waals surface area contributed by atoms with Crippen LogP contribution >= 0.6 is 12.6 Å². The first kappa shape index (κ1) is 14.5. The molecule has 0 aliphatic rings. The van der Waals surface area contributed by atoms with E-state index in [4.69, 9.17) is 5.11 Å². The van der Waals surface area contributed by atoms with E-state index in [9.17, 15) is 9.59 Å². The number of aromatic amines is 1. The summed E-state index contributed by atoms with van der Waals surface area (Å²) >= 11 is 3.91. The molecule has 0 aliphatic carbocycles. The first-order valence-electron chi connectivity index (χ1n) is 6.30. The smallest absolute Gasteiger partial charge is 0.327 e. The number of amides is 1. The zero-order chi connectivity index (χ0) is 14.5. The van der Waals surface area contributed by atoms with E-state index in [1.165, 1.54) is 0 Å². The Morgan fingerprint density at radius 2 is 2.10 bits per heavy atom. The molecule has 1 heterocycles. The molecule has 1 aromatic carbocycles. The Bertz CT molecular complexity index is 624. The summed E-state index contributed by atoms with van der Waals surface area (Å²) in [6.45, 7) is 0. The number of aryl methyl sites for hydroxylation is 1. The first-order valence-corrected chi connectivity index (χ1v) is 6.93. The third-order valence-corrected chi connectivity index (χ3v) is 3.48. The summed E-state index contributed by atoms with van der Waals surface area (Å²) < 4.78 is 0. The summed E-state index contributed by atoms with van der Waals surface area (Å²) in [5.41, 5.74) is 2.08. The second kappa shape index (κ2) is 6.47. The summed E-state index contributed by atoms with van der Waals surface area (Å²) in [5.74, 6) is -1.27. The Balaban J connectivity index is 1.95. The Hall–Kier alpha value is -1.95. The third-order valence-electron chi connectivity index (χ3n) is 3.11. The lowest BCUT2D eigenvalue weighted by Gasteiger charge is -2.11. The molecule has 20 heavy (non-hydrogen) atoms. The van der Waals surface area contributed by atoms with Crippen molar-refractivity contribution >= 4 is 35.4 Å². The van der Waals surface area contributed by atoms with Gasteiger partial charge >= 0.3 is 5.97 Å². The van der Waals surface area contributed by atoms with Crippen molar-refractivity contribution in [1.82, 2.24) is 10.3 Å². The molecule has 0 bridgehead atoms. The zero-order valence-electron chi connectivity index (χ0n) is 10.8. The summed E-state index contributed by atoms with van der Waals surface area (Å²) in [7, 11) is 0. The van der Waals surface area contributed by atoms with E-state index in [1.807, 2.05) is 30.5 Å². The Morgan fingerprint density at radius 3 is 2.80 bits per heavy atom. The van der Waals surface area contributed by atoms with E-state index in [2.05, 4.69) is 22.9 Å². The normalized spacial score (nSPS) is 12.2. The van der Waals surface area contributed by atoms with Crippen LogP contribution in [0.3, 0.4) is 0 Å². The van der Waals surface area contributed by atoms with Crippen LogP contribution in [0, 0.1) is 0 Å². The topological polar surface area (TPSA) is 82.2 Å². The van der Waals surface area contributed by atoms with Gasteiger partial charge in [-0.15, -0.1) is 0 Å². The van der Waals surface area contributed by atoms with Gasteiger partial charge in [-0.2, -0.15) is 12.6 Å². The van der Waals surface area contributed by atoms with Crippen molar-refractivity contribution in [1.29, 1.82) is 0 Å². The minimum absolute atomic E-state index is 0.0775. The number of hydrogen-bond acceptors (Lipinski definition) is 3. The molecule has 0 aliphatic heterocycles. The lowest BCUT2D eigenvalue weighted by atomic mass is 10.1.